The number of oxime groups is 1. The summed E-state index contributed by atoms with van der Waals surface area (Å²) in [5.74, 6) is -0.248. The number of amidine groups is 1. The lowest BCUT2D eigenvalue weighted by molar-refractivity contribution is 0.0704. The molecule has 0 aliphatic carbocycles. The molecule has 1 aromatic heterocycles. The van der Waals surface area contributed by atoms with Gasteiger partial charge in [0, 0.05) is 32.0 Å². The predicted molar refractivity (Wildman–Crippen MR) is 70.2 cm³/mol. The summed E-state index contributed by atoms with van der Waals surface area (Å²) in [6.07, 6.45) is 1.39. The van der Waals surface area contributed by atoms with E-state index in [0.29, 0.717) is 31.0 Å². The van der Waals surface area contributed by atoms with Gasteiger partial charge in [0.15, 0.2) is 5.84 Å². The van der Waals surface area contributed by atoms with E-state index in [1.54, 1.807) is 13.1 Å². The topological polar surface area (TPSA) is 101 Å². The Kier molecular flexibility index (Phi) is 5.74. The van der Waals surface area contributed by atoms with Crippen molar-refractivity contribution in [1.29, 1.82) is 0 Å². The second-order valence-corrected chi connectivity index (χ2v) is 3.84. The highest BCUT2D eigenvalue weighted by molar-refractivity contribution is 5.98. The van der Waals surface area contributed by atoms with Crippen molar-refractivity contribution in [3.63, 3.8) is 0 Å². The molecule has 1 rings (SSSR count). The number of aromatic nitrogens is 1. The number of hydrogen-bond donors (Lipinski definition) is 2. The maximum atomic E-state index is 12.0. The van der Waals surface area contributed by atoms with E-state index in [0.717, 1.165) is 0 Å². The van der Waals surface area contributed by atoms with Crippen LogP contribution < -0.4 is 5.73 Å². The number of amides is 1. The molecule has 0 aliphatic heterocycles. The van der Waals surface area contributed by atoms with Gasteiger partial charge in [0.25, 0.3) is 5.91 Å². The number of hydrogen-bond acceptors (Lipinski definition) is 5. The van der Waals surface area contributed by atoms with Crippen LogP contribution in [0, 0.1) is 0 Å². The molecule has 104 valence electrons. The Balaban J connectivity index is 2.67. The van der Waals surface area contributed by atoms with Crippen molar-refractivity contribution in [3.8, 4) is 0 Å². The third kappa shape index (κ3) is 4.22. The van der Waals surface area contributed by atoms with Crippen molar-refractivity contribution in [2.45, 2.75) is 6.92 Å². The van der Waals surface area contributed by atoms with Crippen molar-refractivity contribution < 1.29 is 14.7 Å². The molecule has 7 heteroatoms. The Morgan fingerprint density at radius 1 is 1.58 bits per heavy atom. The predicted octanol–water partition coefficient (Wildman–Crippen LogP) is 0.285. The molecule has 0 radical (unpaired) electrons. The Morgan fingerprint density at radius 2 is 2.32 bits per heavy atom. The lowest BCUT2D eigenvalue weighted by Crippen LogP contribution is -2.30. The van der Waals surface area contributed by atoms with Gasteiger partial charge in [-0.1, -0.05) is 5.16 Å². The van der Waals surface area contributed by atoms with Gasteiger partial charge >= 0.3 is 0 Å². The minimum atomic E-state index is -0.203. The second-order valence-electron chi connectivity index (χ2n) is 3.84. The van der Waals surface area contributed by atoms with Gasteiger partial charge in [0.05, 0.1) is 6.61 Å². The van der Waals surface area contributed by atoms with Gasteiger partial charge in [0.1, 0.15) is 5.69 Å². The maximum Gasteiger partial charge on any atom is 0.272 e. The molecule has 0 aliphatic rings. The molecule has 3 N–H and O–H groups in total. The largest absolute Gasteiger partial charge is 0.409 e. The SMILES string of the molecule is CCOCCN(C)C(=O)c1ccc(/C(N)=N/O)cn1. The first-order valence-electron chi connectivity index (χ1n) is 5.87. The normalized spacial score (nSPS) is 11.4. The molecule has 19 heavy (non-hydrogen) atoms. The van der Waals surface area contributed by atoms with Crippen molar-refractivity contribution in [2.24, 2.45) is 10.9 Å². The quantitative estimate of drug-likeness (QED) is 0.253. The van der Waals surface area contributed by atoms with Crippen LogP contribution in [0.1, 0.15) is 23.0 Å². The van der Waals surface area contributed by atoms with Crippen molar-refractivity contribution >= 4 is 11.7 Å². The van der Waals surface area contributed by atoms with Crippen molar-refractivity contribution in [1.82, 2.24) is 9.88 Å². The lowest BCUT2D eigenvalue weighted by atomic mass is 10.2. The lowest BCUT2D eigenvalue weighted by Gasteiger charge is -2.16. The highest BCUT2D eigenvalue weighted by atomic mass is 16.5. The van der Waals surface area contributed by atoms with E-state index < -0.39 is 0 Å². The Bertz CT molecular complexity index is 445. The van der Waals surface area contributed by atoms with Gasteiger partial charge in [0.2, 0.25) is 0 Å². The molecule has 0 saturated carbocycles. The summed E-state index contributed by atoms with van der Waals surface area (Å²) in [5.41, 5.74) is 6.16. The Hall–Kier alpha value is -2.15. The molecule has 0 aromatic carbocycles. The van der Waals surface area contributed by atoms with Gasteiger partial charge in [-0.05, 0) is 19.1 Å². The standard InChI is InChI=1S/C12H18N4O3/c1-3-19-7-6-16(2)12(17)10-5-4-9(8-14-10)11(13)15-18/h4-5,8,18H,3,6-7H2,1-2H3,(H2,13,15). The van der Waals surface area contributed by atoms with Crippen LogP contribution in [0.2, 0.25) is 0 Å². The number of carbonyl (C=O) groups is 1. The summed E-state index contributed by atoms with van der Waals surface area (Å²) in [5, 5.41) is 11.4. The second kappa shape index (κ2) is 7.32. The molecule has 0 bridgehead atoms. The summed E-state index contributed by atoms with van der Waals surface area (Å²) in [4.78, 5) is 17.5. The molecule has 1 amide bonds. The first-order chi connectivity index (χ1) is 9.10. The monoisotopic (exact) mass is 266 g/mol. The summed E-state index contributed by atoms with van der Waals surface area (Å²) in [6.45, 7) is 3.50. The highest BCUT2D eigenvalue weighted by Gasteiger charge is 2.13. The van der Waals surface area contributed by atoms with Crippen LogP contribution in [0.5, 0.6) is 0 Å². The van der Waals surface area contributed by atoms with Gasteiger partial charge in [-0.15, -0.1) is 0 Å². The Morgan fingerprint density at radius 3 is 2.84 bits per heavy atom. The maximum absolute atomic E-state index is 12.0. The molecule has 0 unspecified atom stereocenters. The molecule has 7 nitrogen and oxygen atoms in total. The van der Waals surface area contributed by atoms with Crippen molar-refractivity contribution in [2.75, 3.05) is 26.8 Å². The van der Waals surface area contributed by atoms with Gasteiger partial charge in [-0.25, -0.2) is 0 Å². The average Bonchev–Trinajstić information content (AvgIpc) is 2.46. The van der Waals surface area contributed by atoms with E-state index >= 15 is 0 Å². The average molecular weight is 266 g/mol. The van der Waals surface area contributed by atoms with Crippen LogP contribution in [0.3, 0.4) is 0 Å². The number of likely N-dealkylation sites (N-methyl/N-ethyl adjacent to an activating group) is 1. The fourth-order valence-corrected chi connectivity index (χ4v) is 1.37. The summed E-state index contributed by atoms with van der Waals surface area (Å²) >= 11 is 0. The van der Waals surface area contributed by atoms with Crippen LogP contribution in [-0.4, -0.2) is 53.6 Å². The molecule has 0 saturated heterocycles. The number of ether oxygens (including phenoxy) is 1. The van der Waals surface area contributed by atoms with E-state index in [2.05, 4.69) is 10.1 Å². The van der Waals surface area contributed by atoms with E-state index in [1.807, 2.05) is 6.92 Å². The molecular weight excluding hydrogens is 248 g/mol. The molecule has 0 atom stereocenters. The third-order valence-corrected chi connectivity index (χ3v) is 2.51. The molecule has 1 heterocycles. The number of rotatable bonds is 6. The molecular formula is C12H18N4O3. The zero-order valence-electron chi connectivity index (χ0n) is 11.0. The van der Waals surface area contributed by atoms with Crippen LogP contribution in [0.4, 0.5) is 0 Å². The first kappa shape index (κ1) is 14.9. The first-order valence-corrected chi connectivity index (χ1v) is 5.87. The van der Waals surface area contributed by atoms with Crippen molar-refractivity contribution in [3.05, 3.63) is 29.6 Å². The smallest absolute Gasteiger partial charge is 0.272 e. The zero-order valence-corrected chi connectivity index (χ0v) is 11.0. The number of nitrogens with two attached hydrogens (primary N) is 1. The molecule has 1 aromatic rings. The highest BCUT2D eigenvalue weighted by Crippen LogP contribution is 2.03. The third-order valence-electron chi connectivity index (χ3n) is 2.51. The molecule has 0 spiro atoms. The Labute approximate surface area is 111 Å². The summed E-state index contributed by atoms with van der Waals surface area (Å²) in [6, 6.07) is 3.11. The van der Waals surface area contributed by atoms with Crippen LogP contribution in [-0.2, 0) is 4.74 Å². The fourth-order valence-electron chi connectivity index (χ4n) is 1.37. The van der Waals surface area contributed by atoms with Gasteiger partial charge in [-0.2, -0.15) is 0 Å². The van der Waals surface area contributed by atoms with E-state index in [1.165, 1.54) is 17.2 Å². The molecule has 0 fully saturated rings. The van der Waals surface area contributed by atoms with E-state index in [9.17, 15) is 4.79 Å². The van der Waals surface area contributed by atoms with Gasteiger partial charge < -0.3 is 20.6 Å². The number of carbonyl (C=O) groups excluding carboxylic acids is 1. The van der Waals surface area contributed by atoms with Crippen LogP contribution in [0.15, 0.2) is 23.5 Å². The summed E-state index contributed by atoms with van der Waals surface area (Å²) in [7, 11) is 1.68. The number of pyridine rings is 1. The minimum Gasteiger partial charge on any atom is -0.409 e. The van der Waals surface area contributed by atoms with Crippen LogP contribution >= 0.6 is 0 Å². The van der Waals surface area contributed by atoms with Gasteiger partial charge in [-0.3, -0.25) is 9.78 Å². The number of nitrogens with zero attached hydrogens (tertiary/aromatic N) is 3. The van der Waals surface area contributed by atoms with E-state index in [4.69, 9.17) is 15.7 Å². The van der Waals surface area contributed by atoms with E-state index in [-0.39, 0.29) is 11.7 Å². The minimum absolute atomic E-state index is 0.0452. The van der Waals surface area contributed by atoms with Crippen LogP contribution in [0.25, 0.3) is 0 Å². The zero-order chi connectivity index (χ0) is 14.3. The fraction of sp³-hybridized carbons (Fsp3) is 0.417. The summed E-state index contributed by atoms with van der Waals surface area (Å²) < 4.78 is 5.18.